The lowest BCUT2D eigenvalue weighted by Gasteiger charge is -2.39. The molecule has 3 heterocycles. The lowest BCUT2D eigenvalue weighted by atomic mass is 9.99. The summed E-state index contributed by atoms with van der Waals surface area (Å²) < 4.78 is 20.4. The first-order valence-corrected chi connectivity index (χ1v) is 11.4. The summed E-state index contributed by atoms with van der Waals surface area (Å²) in [5.74, 6) is 0.589. The Balaban J connectivity index is 1.14. The molecule has 0 N–H and O–H groups in total. The Labute approximate surface area is 192 Å². The Morgan fingerprint density at radius 2 is 1.76 bits per heavy atom. The van der Waals surface area contributed by atoms with E-state index < -0.39 is 5.82 Å². The van der Waals surface area contributed by atoms with Gasteiger partial charge in [0.15, 0.2) is 5.78 Å². The Morgan fingerprint density at radius 3 is 2.39 bits per heavy atom. The average Bonchev–Trinajstić information content (AvgIpc) is 3.52. The first kappa shape index (κ1) is 21.6. The largest absolute Gasteiger partial charge is 0.488 e. The second kappa shape index (κ2) is 8.61. The number of benzene rings is 1. The number of ketones is 1. The van der Waals surface area contributed by atoms with Gasteiger partial charge < -0.3 is 19.4 Å². The lowest BCUT2D eigenvalue weighted by molar-refractivity contribution is -0.133. The summed E-state index contributed by atoms with van der Waals surface area (Å²) in [5, 5.41) is 0. The van der Waals surface area contributed by atoms with Crippen LogP contribution in [0.3, 0.4) is 0 Å². The second-order valence-electron chi connectivity index (χ2n) is 9.33. The molecule has 3 fully saturated rings. The van der Waals surface area contributed by atoms with Crippen LogP contribution < -0.4 is 14.5 Å². The van der Waals surface area contributed by atoms with E-state index in [4.69, 9.17) is 4.74 Å². The Bertz CT molecular complexity index is 1050. The summed E-state index contributed by atoms with van der Waals surface area (Å²) in [7, 11) is 3.54. The lowest BCUT2D eigenvalue weighted by Crippen LogP contribution is -2.54. The number of hydrogen-bond acceptors (Lipinski definition) is 7. The summed E-state index contributed by atoms with van der Waals surface area (Å²) >= 11 is 0. The van der Waals surface area contributed by atoms with Crippen molar-refractivity contribution in [3.63, 3.8) is 0 Å². The highest BCUT2D eigenvalue weighted by Gasteiger charge is 2.35. The molecule has 3 aliphatic rings. The van der Waals surface area contributed by atoms with Crippen LogP contribution in [0, 0.1) is 17.7 Å². The zero-order chi connectivity index (χ0) is 23.1. The summed E-state index contributed by atoms with van der Waals surface area (Å²) in [6.45, 7) is 2.71. The number of rotatable bonds is 7. The molecular formula is C24H28FN5O3. The molecule has 1 aromatic carbocycles. The third kappa shape index (κ3) is 4.49. The van der Waals surface area contributed by atoms with Crippen molar-refractivity contribution < 1.29 is 18.7 Å². The van der Waals surface area contributed by atoms with Gasteiger partial charge in [0.25, 0.3) is 0 Å². The van der Waals surface area contributed by atoms with Gasteiger partial charge in [0.2, 0.25) is 11.9 Å². The fourth-order valence-electron chi connectivity index (χ4n) is 4.39. The van der Waals surface area contributed by atoms with E-state index in [9.17, 15) is 14.0 Å². The topological polar surface area (TPSA) is 78.9 Å². The van der Waals surface area contributed by atoms with Crippen LogP contribution in [-0.4, -0.2) is 72.9 Å². The molecule has 0 bridgehead atoms. The molecule has 2 saturated heterocycles. The molecule has 1 saturated carbocycles. The summed E-state index contributed by atoms with van der Waals surface area (Å²) in [5.41, 5.74) is 1.07. The van der Waals surface area contributed by atoms with E-state index in [1.807, 2.05) is 4.90 Å². The maximum absolute atomic E-state index is 14.4. The number of Topliss-reactive ketones (excluding diaryl/α,β-unsaturated/α-hetero) is 1. The van der Waals surface area contributed by atoms with E-state index in [0.717, 1.165) is 31.5 Å². The number of halogens is 1. The average molecular weight is 454 g/mol. The highest BCUT2D eigenvalue weighted by atomic mass is 19.1. The van der Waals surface area contributed by atoms with Gasteiger partial charge in [-0.25, -0.2) is 14.4 Å². The van der Waals surface area contributed by atoms with Gasteiger partial charge in [0.05, 0.1) is 36.1 Å². The minimum atomic E-state index is -0.510. The number of ether oxygens (including phenoxy) is 1. The first-order chi connectivity index (χ1) is 15.9. The van der Waals surface area contributed by atoms with Gasteiger partial charge in [-0.15, -0.1) is 0 Å². The van der Waals surface area contributed by atoms with Crippen LogP contribution in [0.4, 0.5) is 16.0 Å². The zero-order valence-electron chi connectivity index (χ0n) is 18.9. The van der Waals surface area contributed by atoms with E-state index >= 15 is 0 Å². The minimum Gasteiger partial charge on any atom is -0.488 e. The molecule has 2 aliphatic heterocycles. The Morgan fingerprint density at radius 1 is 1.03 bits per heavy atom. The highest BCUT2D eigenvalue weighted by molar-refractivity contribution is 5.99. The monoisotopic (exact) mass is 453 g/mol. The van der Waals surface area contributed by atoms with Gasteiger partial charge in [-0.1, -0.05) is 0 Å². The van der Waals surface area contributed by atoms with Crippen molar-refractivity contribution in [2.45, 2.75) is 25.4 Å². The third-order valence-electron chi connectivity index (χ3n) is 6.55. The SMILES string of the molecule is CN(C)C(=O)C1CN(c2ncc(N3CC[C@@H](Oc4ccc(C(=O)C5CC5)c(F)c4)C3)cn2)C1. The van der Waals surface area contributed by atoms with E-state index in [0.29, 0.717) is 31.3 Å². The van der Waals surface area contributed by atoms with Crippen molar-refractivity contribution in [3.8, 4) is 5.75 Å². The molecule has 0 radical (unpaired) electrons. The van der Waals surface area contributed by atoms with Crippen LogP contribution in [0.1, 0.15) is 29.6 Å². The third-order valence-corrected chi connectivity index (χ3v) is 6.55. The minimum absolute atomic E-state index is 0.00509. The van der Waals surface area contributed by atoms with Gasteiger partial charge in [-0.2, -0.15) is 0 Å². The van der Waals surface area contributed by atoms with E-state index in [-0.39, 0.29) is 35.2 Å². The number of hydrogen-bond donors (Lipinski definition) is 0. The smallest absolute Gasteiger partial charge is 0.228 e. The maximum atomic E-state index is 14.4. The number of carbonyl (C=O) groups is 2. The van der Waals surface area contributed by atoms with E-state index in [1.165, 1.54) is 12.1 Å². The van der Waals surface area contributed by atoms with E-state index in [1.54, 1.807) is 37.5 Å². The summed E-state index contributed by atoms with van der Waals surface area (Å²) in [4.78, 5) is 38.8. The van der Waals surface area contributed by atoms with Crippen molar-refractivity contribution in [1.82, 2.24) is 14.9 Å². The normalized spacial score (nSPS) is 20.5. The standard InChI is InChI=1S/C24H28FN5O3/c1-28(2)23(32)16-12-30(13-16)24-26-10-17(11-27-24)29-8-7-19(14-29)33-18-5-6-20(21(25)9-18)22(31)15-3-4-15/h5-6,9-11,15-16,19H,3-4,7-8,12-14H2,1-2H3/t19-/m1/s1. The van der Waals surface area contributed by atoms with E-state index in [2.05, 4.69) is 14.9 Å². The molecule has 0 unspecified atom stereocenters. The van der Waals surface area contributed by atoms with Gasteiger partial charge in [0.1, 0.15) is 17.7 Å². The van der Waals surface area contributed by atoms with Crippen LogP contribution >= 0.6 is 0 Å². The molecule has 174 valence electrons. The van der Waals surface area contributed by atoms with Gasteiger partial charge in [-0.3, -0.25) is 9.59 Å². The number of nitrogens with zero attached hydrogens (tertiary/aromatic N) is 5. The summed E-state index contributed by atoms with van der Waals surface area (Å²) in [6.07, 6.45) is 6.02. The summed E-state index contributed by atoms with van der Waals surface area (Å²) in [6, 6.07) is 4.54. The van der Waals surface area contributed by atoms with Crippen molar-refractivity contribution in [1.29, 1.82) is 0 Å². The van der Waals surface area contributed by atoms with Gasteiger partial charge in [-0.05, 0) is 25.0 Å². The first-order valence-electron chi connectivity index (χ1n) is 11.4. The molecule has 1 amide bonds. The zero-order valence-corrected chi connectivity index (χ0v) is 18.9. The number of amides is 1. The molecule has 8 nitrogen and oxygen atoms in total. The maximum Gasteiger partial charge on any atom is 0.228 e. The molecule has 33 heavy (non-hydrogen) atoms. The van der Waals surface area contributed by atoms with Crippen LogP contribution in [0.2, 0.25) is 0 Å². The van der Waals surface area contributed by atoms with Crippen molar-refractivity contribution in [2.24, 2.45) is 11.8 Å². The predicted molar refractivity (Wildman–Crippen MR) is 121 cm³/mol. The molecule has 1 aromatic heterocycles. The number of carbonyl (C=O) groups excluding carboxylic acids is 2. The molecular weight excluding hydrogens is 425 g/mol. The molecule has 0 spiro atoms. The van der Waals surface area contributed by atoms with Crippen LogP contribution in [0.15, 0.2) is 30.6 Å². The van der Waals surface area contributed by atoms with Crippen molar-refractivity contribution in [2.75, 3.05) is 50.1 Å². The fraction of sp³-hybridized carbons (Fsp3) is 0.500. The van der Waals surface area contributed by atoms with Crippen molar-refractivity contribution >= 4 is 23.3 Å². The van der Waals surface area contributed by atoms with Crippen LogP contribution in [0.5, 0.6) is 5.75 Å². The molecule has 1 atom stereocenters. The quantitative estimate of drug-likeness (QED) is 0.596. The molecule has 1 aliphatic carbocycles. The fourth-order valence-corrected chi connectivity index (χ4v) is 4.39. The van der Waals surface area contributed by atoms with Gasteiger partial charge in [0, 0.05) is 52.1 Å². The molecule has 5 rings (SSSR count). The predicted octanol–water partition coefficient (Wildman–Crippen LogP) is 2.39. The second-order valence-corrected chi connectivity index (χ2v) is 9.33. The molecule has 9 heteroatoms. The van der Waals surface area contributed by atoms with Gasteiger partial charge >= 0.3 is 0 Å². The number of aromatic nitrogens is 2. The molecule has 2 aromatic rings. The van der Waals surface area contributed by atoms with Crippen molar-refractivity contribution in [3.05, 3.63) is 42.0 Å². The Kier molecular flexibility index (Phi) is 5.64. The van der Waals surface area contributed by atoms with Crippen LogP contribution in [0.25, 0.3) is 0 Å². The Hall–Kier alpha value is -3.23. The van der Waals surface area contributed by atoms with Crippen LogP contribution in [-0.2, 0) is 4.79 Å². The highest BCUT2D eigenvalue weighted by Crippen LogP contribution is 2.34. The number of anilines is 2.